The van der Waals surface area contributed by atoms with E-state index in [-0.39, 0.29) is 0 Å². The van der Waals surface area contributed by atoms with E-state index in [4.69, 9.17) is 14.3 Å². The number of aromatic nitrogens is 1. The Morgan fingerprint density at radius 2 is 2.50 bits per heavy atom. The van der Waals surface area contributed by atoms with Crippen LogP contribution in [0.2, 0.25) is 0 Å². The lowest BCUT2D eigenvalue weighted by Gasteiger charge is -1.94. The highest BCUT2D eigenvalue weighted by atomic mass is 32.1. The van der Waals surface area contributed by atoms with Gasteiger partial charge >= 0.3 is 5.97 Å². The minimum atomic E-state index is -0.994. The molecule has 0 saturated carbocycles. The lowest BCUT2D eigenvalue weighted by Crippen LogP contribution is -1.91. The number of hydrogen-bond donors (Lipinski definition) is 1. The summed E-state index contributed by atoms with van der Waals surface area (Å²) in [5, 5.41) is 9.34. The number of furan rings is 1. The number of ether oxygens (including phenoxy) is 1. The van der Waals surface area contributed by atoms with Crippen LogP contribution >= 0.6 is 11.3 Å². The van der Waals surface area contributed by atoms with Gasteiger partial charge in [0, 0.05) is 13.2 Å². The molecule has 0 aliphatic rings. The number of rotatable bonds is 5. The molecule has 0 aliphatic carbocycles. The van der Waals surface area contributed by atoms with Crippen LogP contribution < -0.4 is 0 Å². The molecule has 0 spiro atoms. The van der Waals surface area contributed by atoms with Gasteiger partial charge in [0.25, 0.3) is 0 Å². The summed E-state index contributed by atoms with van der Waals surface area (Å²) in [6.07, 6.45) is 4.17. The zero-order valence-corrected chi connectivity index (χ0v) is 10.4. The number of aliphatic carboxylic acids is 1. The van der Waals surface area contributed by atoms with Crippen molar-refractivity contribution in [3.05, 3.63) is 35.0 Å². The number of thiazole rings is 1. The summed E-state index contributed by atoms with van der Waals surface area (Å²) < 4.78 is 10.3. The summed E-state index contributed by atoms with van der Waals surface area (Å²) in [7, 11) is 1.57. The van der Waals surface area contributed by atoms with Crippen molar-refractivity contribution < 1.29 is 19.1 Å². The van der Waals surface area contributed by atoms with Crippen LogP contribution in [-0.2, 0) is 16.1 Å². The van der Waals surface area contributed by atoms with Crippen molar-refractivity contribution in [3.63, 3.8) is 0 Å². The topological polar surface area (TPSA) is 72.6 Å². The molecule has 6 heteroatoms. The fraction of sp³-hybridized carbons (Fsp3) is 0.167. The maximum Gasteiger partial charge on any atom is 0.328 e. The second-order valence-corrected chi connectivity index (χ2v) is 4.44. The molecule has 0 aliphatic heterocycles. The lowest BCUT2D eigenvalue weighted by atomic mass is 10.3. The number of nitrogens with zero attached hydrogens (tertiary/aromatic N) is 1. The van der Waals surface area contributed by atoms with Crippen LogP contribution in [0.5, 0.6) is 0 Å². The molecule has 94 valence electrons. The SMILES string of the molecule is COCc1nc(-c2ccco2)sc1/C=C/C(=O)O. The van der Waals surface area contributed by atoms with Crippen LogP contribution in [0.4, 0.5) is 0 Å². The number of carboxylic acid groups (broad SMARTS) is 1. The van der Waals surface area contributed by atoms with E-state index in [2.05, 4.69) is 4.98 Å². The van der Waals surface area contributed by atoms with E-state index in [9.17, 15) is 4.79 Å². The predicted octanol–water partition coefficient (Wildman–Crippen LogP) is 2.65. The molecule has 0 radical (unpaired) electrons. The Morgan fingerprint density at radius 3 is 3.11 bits per heavy atom. The molecule has 2 heterocycles. The van der Waals surface area contributed by atoms with Crippen LogP contribution in [0.1, 0.15) is 10.6 Å². The van der Waals surface area contributed by atoms with Crippen molar-refractivity contribution in [2.75, 3.05) is 7.11 Å². The Morgan fingerprint density at radius 1 is 1.67 bits per heavy atom. The largest absolute Gasteiger partial charge is 0.478 e. The molecule has 2 aromatic heterocycles. The molecule has 0 bridgehead atoms. The second kappa shape index (κ2) is 5.61. The summed E-state index contributed by atoms with van der Waals surface area (Å²) >= 11 is 1.36. The van der Waals surface area contributed by atoms with Gasteiger partial charge in [0.2, 0.25) is 0 Å². The number of hydrogen-bond acceptors (Lipinski definition) is 5. The van der Waals surface area contributed by atoms with Gasteiger partial charge in [0.1, 0.15) is 0 Å². The Labute approximate surface area is 107 Å². The van der Waals surface area contributed by atoms with Gasteiger partial charge in [-0.1, -0.05) is 0 Å². The monoisotopic (exact) mass is 265 g/mol. The highest BCUT2D eigenvalue weighted by Gasteiger charge is 2.12. The van der Waals surface area contributed by atoms with Gasteiger partial charge in [0.15, 0.2) is 10.8 Å². The number of carboxylic acids is 1. The first kappa shape index (κ1) is 12.5. The molecular formula is C12H11NO4S. The Bertz CT molecular complexity index is 557. The van der Waals surface area contributed by atoms with Gasteiger partial charge in [-0.05, 0) is 18.2 Å². The van der Waals surface area contributed by atoms with Gasteiger partial charge in [-0.2, -0.15) is 0 Å². The van der Waals surface area contributed by atoms with Crippen LogP contribution in [0.3, 0.4) is 0 Å². The fourth-order valence-electron chi connectivity index (χ4n) is 1.39. The van der Waals surface area contributed by atoms with E-state index < -0.39 is 5.97 Å². The Hall–Kier alpha value is -1.92. The zero-order chi connectivity index (χ0) is 13.0. The third-order valence-corrected chi connectivity index (χ3v) is 3.20. The second-order valence-electron chi connectivity index (χ2n) is 3.41. The quantitative estimate of drug-likeness (QED) is 0.841. The smallest absolute Gasteiger partial charge is 0.328 e. The maximum absolute atomic E-state index is 10.5. The minimum Gasteiger partial charge on any atom is -0.478 e. The van der Waals surface area contributed by atoms with Gasteiger partial charge in [0.05, 0.1) is 23.4 Å². The van der Waals surface area contributed by atoms with Crippen molar-refractivity contribution in [3.8, 4) is 10.8 Å². The predicted molar refractivity (Wildman–Crippen MR) is 67.2 cm³/mol. The molecule has 18 heavy (non-hydrogen) atoms. The van der Waals surface area contributed by atoms with Crippen LogP contribution in [-0.4, -0.2) is 23.2 Å². The van der Waals surface area contributed by atoms with Crippen LogP contribution in [0.15, 0.2) is 28.9 Å². The normalized spacial score (nSPS) is 11.2. The molecule has 0 unspecified atom stereocenters. The van der Waals surface area contributed by atoms with Gasteiger partial charge < -0.3 is 14.3 Å². The standard InChI is InChI=1S/C12H11NO4S/c1-16-7-8-10(4-5-11(14)15)18-12(13-8)9-3-2-6-17-9/h2-6H,7H2,1H3,(H,14,15)/b5-4+. The van der Waals surface area contributed by atoms with Crippen molar-refractivity contribution in [1.82, 2.24) is 4.98 Å². The molecule has 0 amide bonds. The summed E-state index contributed by atoms with van der Waals surface area (Å²) in [5.74, 6) is -0.335. The van der Waals surface area contributed by atoms with E-state index in [0.29, 0.717) is 23.1 Å². The van der Waals surface area contributed by atoms with Gasteiger partial charge in [-0.3, -0.25) is 0 Å². The van der Waals surface area contributed by atoms with E-state index in [1.165, 1.54) is 17.4 Å². The molecule has 0 atom stereocenters. The molecule has 1 N–H and O–H groups in total. The lowest BCUT2D eigenvalue weighted by molar-refractivity contribution is -0.131. The van der Waals surface area contributed by atoms with Crippen molar-refractivity contribution >= 4 is 23.4 Å². The van der Waals surface area contributed by atoms with Gasteiger partial charge in [-0.25, -0.2) is 9.78 Å². The highest BCUT2D eigenvalue weighted by Crippen LogP contribution is 2.29. The van der Waals surface area contributed by atoms with Crippen molar-refractivity contribution in [2.24, 2.45) is 0 Å². The third kappa shape index (κ3) is 2.85. The number of carbonyl (C=O) groups is 1. The average molecular weight is 265 g/mol. The van der Waals surface area contributed by atoms with Crippen molar-refractivity contribution in [2.45, 2.75) is 6.61 Å². The van der Waals surface area contributed by atoms with Crippen LogP contribution in [0.25, 0.3) is 16.8 Å². The fourth-order valence-corrected chi connectivity index (χ4v) is 2.33. The first-order chi connectivity index (χ1) is 8.70. The summed E-state index contributed by atoms with van der Waals surface area (Å²) in [4.78, 5) is 15.7. The van der Waals surface area contributed by atoms with Gasteiger partial charge in [-0.15, -0.1) is 11.3 Å². The molecule has 2 rings (SSSR count). The molecule has 0 fully saturated rings. The zero-order valence-electron chi connectivity index (χ0n) is 9.62. The molecule has 0 saturated heterocycles. The van der Waals surface area contributed by atoms with E-state index in [1.807, 2.05) is 0 Å². The number of methoxy groups -OCH3 is 1. The minimum absolute atomic E-state index is 0.330. The summed E-state index contributed by atoms with van der Waals surface area (Å²) in [5.41, 5.74) is 0.700. The first-order valence-electron chi connectivity index (χ1n) is 5.14. The van der Waals surface area contributed by atoms with E-state index in [0.717, 1.165) is 11.0 Å². The molecule has 0 aromatic carbocycles. The summed E-state index contributed by atoms with van der Waals surface area (Å²) in [6.45, 7) is 0.330. The summed E-state index contributed by atoms with van der Waals surface area (Å²) in [6, 6.07) is 3.58. The van der Waals surface area contributed by atoms with Crippen LogP contribution in [0, 0.1) is 0 Å². The Balaban J connectivity index is 2.35. The average Bonchev–Trinajstić information content (AvgIpc) is 2.95. The maximum atomic E-state index is 10.5. The molecule has 5 nitrogen and oxygen atoms in total. The first-order valence-corrected chi connectivity index (χ1v) is 5.96. The van der Waals surface area contributed by atoms with Crippen molar-refractivity contribution in [1.29, 1.82) is 0 Å². The third-order valence-electron chi connectivity index (χ3n) is 2.12. The molecular weight excluding hydrogens is 254 g/mol. The highest BCUT2D eigenvalue weighted by molar-refractivity contribution is 7.16. The van der Waals surface area contributed by atoms with E-state index >= 15 is 0 Å². The molecule has 2 aromatic rings. The van der Waals surface area contributed by atoms with E-state index in [1.54, 1.807) is 25.5 Å². The Kier molecular flexibility index (Phi) is 3.91.